The minimum absolute atomic E-state index is 0.215. The highest BCUT2D eigenvalue weighted by Crippen LogP contribution is 2.30. The molecule has 0 saturated carbocycles. The highest BCUT2D eigenvalue weighted by molar-refractivity contribution is 6.32. The van der Waals surface area contributed by atoms with Crippen LogP contribution in [0.25, 0.3) is 22.4 Å². The van der Waals surface area contributed by atoms with Crippen LogP contribution in [-0.2, 0) is 0 Å². The summed E-state index contributed by atoms with van der Waals surface area (Å²) in [6.45, 7) is 0. The summed E-state index contributed by atoms with van der Waals surface area (Å²) in [6.07, 6.45) is 4.77. The van der Waals surface area contributed by atoms with Crippen molar-refractivity contribution in [3.05, 3.63) is 120 Å². The SMILES string of the molecule is O=C(Nc1cncc(Nc2ncc(Cl)c(-c3cccc(-c4ccccc4)c3)n2)c1)c1ccccc1. The highest BCUT2D eigenvalue weighted by Gasteiger charge is 2.11. The van der Waals surface area contributed by atoms with Crippen LogP contribution in [0.2, 0.25) is 5.02 Å². The zero-order valence-electron chi connectivity index (χ0n) is 18.5. The van der Waals surface area contributed by atoms with Crippen molar-refractivity contribution < 1.29 is 4.79 Å². The van der Waals surface area contributed by atoms with Crippen molar-refractivity contribution in [2.24, 2.45) is 0 Å². The van der Waals surface area contributed by atoms with Gasteiger partial charge in [0.25, 0.3) is 5.91 Å². The van der Waals surface area contributed by atoms with Crippen molar-refractivity contribution in [1.29, 1.82) is 0 Å². The molecule has 170 valence electrons. The first-order valence-electron chi connectivity index (χ1n) is 10.9. The number of halogens is 1. The Morgan fingerprint density at radius 2 is 1.40 bits per heavy atom. The summed E-state index contributed by atoms with van der Waals surface area (Å²) in [5.74, 6) is 0.149. The third kappa shape index (κ3) is 5.34. The number of benzene rings is 3. The Hall–Kier alpha value is -4.55. The Kier molecular flexibility index (Phi) is 6.46. The molecule has 0 aliphatic carbocycles. The Morgan fingerprint density at radius 3 is 2.20 bits per heavy atom. The maximum Gasteiger partial charge on any atom is 0.255 e. The second kappa shape index (κ2) is 10.2. The van der Waals surface area contributed by atoms with Gasteiger partial charge in [0.2, 0.25) is 5.95 Å². The van der Waals surface area contributed by atoms with Crippen LogP contribution in [0.15, 0.2) is 110 Å². The van der Waals surface area contributed by atoms with Gasteiger partial charge in [0, 0.05) is 11.1 Å². The lowest BCUT2D eigenvalue weighted by molar-refractivity contribution is 0.102. The fourth-order valence-corrected chi connectivity index (χ4v) is 3.81. The molecule has 7 heteroatoms. The molecule has 0 spiro atoms. The largest absolute Gasteiger partial charge is 0.323 e. The molecule has 1 amide bonds. The van der Waals surface area contributed by atoms with Crippen LogP contribution in [-0.4, -0.2) is 20.9 Å². The second-order valence-corrected chi connectivity index (χ2v) is 8.15. The van der Waals surface area contributed by atoms with E-state index in [2.05, 4.69) is 43.8 Å². The number of carbonyl (C=O) groups is 1. The molecule has 0 bridgehead atoms. The number of anilines is 3. The molecule has 3 aromatic carbocycles. The second-order valence-electron chi connectivity index (χ2n) is 7.74. The van der Waals surface area contributed by atoms with Crippen LogP contribution in [0.4, 0.5) is 17.3 Å². The number of carbonyl (C=O) groups excluding carboxylic acids is 1. The molecule has 2 heterocycles. The molecule has 2 N–H and O–H groups in total. The first-order valence-corrected chi connectivity index (χ1v) is 11.3. The highest BCUT2D eigenvalue weighted by atomic mass is 35.5. The summed E-state index contributed by atoms with van der Waals surface area (Å²) in [5, 5.41) is 6.44. The van der Waals surface area contributed by atoms with E-state index >= 15 is 0 Å². The summed E-state index contributed by atoms with van der Waals surface area (Å²) in [5.41, 5.74) is 5.41. The predicted octanol–water partition coefficient (Wildman–Crippen LogP) is 6.85. The average molecular weight is 478 g/mol. The van der Waals surface area contributed by atoms with E-state index in [-0.39, 0.29) is 5.91 Å². The van der Waals surface area contributed by atoms with Crippen molar-refractivity contribution in [3.63, 3.8) is 0 Å². The molecule has 0 unspecified atom stereocenters. The van der Waals surface area contributed by atoms with Gasteiger partial charge in [0.15, 0.2) is 0 Å². The van der Waals surface area contributed by atoms with Gasteiger partial charge in [-0.1, -0.05) is 78.3 Å². The number of rotatable bonds is 6. The molecule has 0 aliphatic rings. The topological polar surface area (TPSA) is 79.8 Å². The van der Waals surface area contributed by atoms with Crippen LogP contribution in [0, 0.1) is 0 Å². The average Bonchev–Trinajstić information content (AvgIpc) is 2.91. The summed E-state index contributed by atoms with van der Waals surface area (Å²) in [6, 6.07) is 28.9. The third-order valence-corrected chi connectivity index (χ3v) is 5.55. The van der Waals surface area contributed by atoms with E-state index in [0.29, 0.717) is 33.6 Å². The first-order chi connectivity index (χ1) is 17.2. The van der Waals surface area contributed by atoms with Gasteiger partial charge in [-0.2, -0.15) is 0 Å². The van der Waals surface area contributed by atoms with Crippen LogP contribution in [0.1, 0.15) is 10.4 Å². The van der Waals surface area contributed by atoms with Gasteiger partial charge in [0.05, 0.1) is 40.7 Å². The minimum atomic E-state index is -0.215. The zero-order valence-corrected chi connectivity index (χ0v) is 19.3. The van der Waals surface area contributed by atoms with Crippen LogP contribution in [0.5, 0.6) is 0 Å². The monoisotopic (exact) mass is 477 g/mol. The van der Waals surface area contributed by atoms with Crippen molar-refractivity contribution in [2.45, 2.75) is 0 Å². The van der Waals surface area contributed by atoms with E-state index < -0.39 is 0 Å². The molecule has 0 aliphatic heterocycles. The maximum absolute atomic E-state index is 12.5. The van der Waals surface area contributed by atoms with Gasteiger partial charge < -0.3 is 10.6 Å². The maximum atomic E-state index is 12.5. The molecule has 6 nitrogen and oxygen atoms in total. The smallest absolute Gasteiger partial charge is 0.255 e. The predicted molar refractivity (Wildman–Crippen MR) is 140 cm³/mol. The third-order valence-electron chi connectivity index (χ3n) is 5.28. The molecule has 0 atom stereocenters. The fraction of sp³-hybridized carbons (Fsp3) is 0. The van der Waals surface area contributed by atoms with Gasteiger partial charge in [-0.05, 0) is 35.4 Å². The standard InChI is InChI=1S/C28H20ClN5O/c29-25-18-31-28(34-26(25)22-13-7-12-21(14-22)19-8-3-1-4-9-19)33-24-15-23(16-30-17-24)32-27(35)20-10-5-2-6-11-20/h1-18H,(H,32,35)(H,31,33,34). The van der Waals surface area contributed by atoms with E-state index in [4.69, 9.17) is 11.6 Å². The molecule has 0 fully saturated rings. The fourth-order valence-electron chi connectivity index (χ4n) is 3.60. The summed E-state index contributed by atoms with van der Waals surface area (Å²) in [4.78, 5) is 25.6. The first kappa shape index (κ1) is 22.3. The van der Waals surface area contributed by atoms with Crippen molar-refractivity contribution in [2.75, 3.05) is 10.6 Å². The van der Waals surface area contributed by atoms with E-state index in [9.17, 15) is 4.79 Å². The Labute approximate surface area is 207 Å². The van der Waals surface area contributed by atoms with Crippen LogP contribution in [0.3, 0.4) is 0 Å². The van der Waals surface area contributed by atoms with E-state index in [1.807, 2.05) is 54.6 Å². The lowest BCUT2D eigenvalue weighted by atomic mass is 10.0. The number of pyridine rings is 1. The van der Waals surface area contributed by atoms with E-state index in [0.717, 1.165) is 16.7 Å². The molecule has 0 saturated heterocycles. The zero-order chi connectivity index (χ0) is 24.0. The summed E-state index contributed by atoms with van der Waals surface area (Å²) in [7, 11) is 0. The van der Waals surface area contributed by atoms with Crippen LogP contribution >= 0.6 is 11.6 Å². The Morgan fingerprint density at radius 1 is 0.714 bits per heavy atom. The van der Waals surface area contributed by atoms with Gasteiger partial charge in [-0.15, -0.1) is 0 Å². The molecule has 5 aromatic rings. The quantitative estimate of drug-likeness (QED) is 0.279. The van der Waals surface area contributed by atoms with Crippen molar-refractivity contribution in [1.82, 2.24) is 15.0 Å². The number of nitrogens with zero attached hydrogens (tertiary/aromatic N) is 3. The minimum Gasteiger partial charge on any atom is -0.323 e. The van der Waals surface area contributed by atoms with E-state index in [1.165, 1.54) is 0 Å². The molecule has 35 heavy (non-hydrogen) atoms. The number of hydrogen-bond acceptors (Lipinski definition) is 5. The molecular weight excluding hydrogens is 458 g/mol. The molecule has 2 aromatic heterocycles. The Bertz CT molecular complexity index is 1480. The van der Waals surface area contributed by atoms with Crippen molar-refractivity contribution >= 4 is 34.8 Å². The molecular formula is C28H20ClN5O. The number of nitrogens with one attached hydrogen (secondary N) is 2. The molecule has 5 rings (SSSR count). The number of hydrogen-bond donors (Lipinski definition) is 2. The normalized spacial score (nSPS) is 10.5. The van der Waals surface area contributed by atoms with Crippen molar-refractivity contribution in [3.8, 4) is 22.4 Å². The number of amides is 1. The van der Waals surface area contributed by atoms with Gasteiger partial charge in [0.1, 0.15) is 0 Å². The molecule has 0 radical (unpaired) electrons. The summed E-state index contributed by atoms with van der Waals surface area (Å²) >= 11 is 6.46. The lowest BCUT2D eigenvalue weighted by Crippen LogP contribution is -2.12. The van der Waals surface area contributed by atoms with Gasteiger partial charge >= 0.3 is 0 Å². The number of aromatic nitrogens is 3. The van der Waals surface area contributed by atoms with Crippen LogP contribution < -0.4 is 10.6 Å². The van der Waals surface area contributed by atoms with E-state index in [1.54, 1.807) is 36.8 Å². The Balaban J connectivity index is 1.37. The lowest BCUT2D eigenvalue weighted by Gasteiger charge is -2.11. The van der Waals surface area contributed by atoms with Gasteiger partial charge in [-0.3, -0.25) is 9.78 Å². The summed E-state index contributed by atoms with van der Waals surface area (Å²) < 4.78 is 0. The van der Waals surface area contributed by atoms with Gasteiger partial charge in [-0.25, -0.2) is 9.97 Å².